The van der Waals surface area contributed by atoms with E-state index in [-0.39, 0.29) is 5.91 Å². The molecule has 0 radical (unpaired) electrons. The average molecular weight is 371 g/mol. The van der Waals surface area contributed by atoms with Crippen molar-refractivity contribution in [3.05, 3.63) is 64.7 Å². The summed E-state index contributed by atoms with van der Waals surface area (Å²) in [6.07, 6.45) is 2.02. The first-order chi connectivity index (χ1) is 12.7. The molecule has 2 aromatic rings. The van der Waals surface area contributed by atoms with Crippen LogP contribution >= 0.6 is 11.8 Å². The Labute approximate surface area is 159 Å². The number of ether oxygens (including phenoxy) is 1. The van der Waals surface area contributed by atoms with Crippen molar-refractivity contribution in [1.82, 2.24) is 10.2 Å². The fourth-order valence-corrected chi connectivity index (χ4v) is 3.47. The van der Waals surface area contributed by atoms with Gasteiger partial charge in [-0.2, -0.15) is 0 Å². The summed E-state index contributed by atoms with van der Waals surface area (Å²) >= 11 is 1.65. The maximum Gasteiger partial charge on any atom is 0.251 e. The third-order valence-corrected chi connectivity index (χ3v) is 5.40. The predicted molar refractivity (Wildman–Crippen MR) is 107 cm³/mol. The van der Waals surface area contributed by atoms with E-state index in [0.29, 0.717) is 6.54 Å². The second kappa shape index (κ2) is 9.21. The SMILES string of the molecule is CSc1ccc(C)c(C(=O)NCc2ccc(CN3CCOCC3)cc2)c1. The van der Waals surface area contributed by atoms with Crippen LogP contribution in [0.15, 0.2) is 47.4 Å². The quantitative estimate of drug-likeness (QED) is 0.791. The highest BCUT2D eigenvalue weighted by molar-refractivity contribution is 7.98. The lowest BCUT2D eigenvalue weighted by molar-refractivity contribution is 0.0342. The Morgan fingerprint density at radius 2 is 1.81 bits per heavy atom. The molecule has 0 saturated carbocycles. The second-order valence-electron chi connectivity index (χ2n) is 6.57. The molecule has 1 aliphatic heterocycles. The maximum atomic E-state index is 12.5. The third kappa shape index (κ3) is 5.10. The van der Waals surface area contributed by atoms with E-state index in [0.717, 1.165) is 54.4 Å². The van der Waals surface area contributed by atoms with Crippen LogP contribution in [0.5, 0.6) is 0 Å². The van der Waals surface area contributed by atoms with Crippen LogP contribution in [0, 0.1) is 6.92 Å². The Bertz CT molecular complexity index is 740. The Kier molecular flexibility index (Phi) is 6.72. The molecule has 3 rings (SSSR count). The van der Waals surface area contributed by atoms with Crippen molar-refractivity contribution < 1.29 is 9.53 Å². The molecule has 5 heteroatoms. The number of carbonyl (C=O) groups excluding carboxylic acids is 1. The van der Waals surface area contributed by atoms with E-state index in [9.17, 15) is 4.79 Å². The van der Waals surface area contributed by atoms with E-state index >= 15 is 0 Å². The van der Waals surface area contributed by atoms with Crippen molar-refractivity contribution in [2.24, 2.45) is 0 Å². The molecule has 0 atom stereocenters. The molecule has 0 aliphatic carbocycles. The van der Waals surface area contributed by atoms with Crippen molar-refractivity contribution in [2.75, 3.05) is 32.6 Å². The van der Waals surface area contributed by atoms with Crippen LogP contribution in [-0.2, 0) is 17.8 Å². The zero-order chi connectivity index (χ0) is 18.4. The van der Waals surface area contributed by atoms with Gasteiger partial charge in [-0.15, -0.1) is 11.8 Å². The summed E-state index contributed by atoms with van der Waals surface area (Å²) in [6, 6.07) is 14.5. The van der Waals surface area contributed by atoms with E-state index in [4.69, 9.17) is 4.74 Å². The highest BCUT2D eigenvalue weighted by Gasteiger charge is 2.11. The van der Waals surface area contributed by atoms with Gasteiger partial charge in [0, 0.05) is 36.6 Å². The summed E-state index contributed by atoms with van der Waals surface area (Å²) in [6.45, 7) is 7.09. The lowest BCUT2D eigenvalue weighted by atomic mass is 10.1. The van der Waals surface area contributed by atoms with Gasteiger partial charge in [0.2, 0.25) is 0 Å². The molecule has 1 saturated heterocycles. The minimum Gasteiger partial charge on any atom is -0.379 e. The van der Waals surface area contributed by atoms with Gasteiger partial charge in [-0.3, -0.25) is 9.69 Å². The van der Waals surface area contributed by atoms with Crippen LogP contribution in [-0.4, -0.2) is 43.4 Å². The van der Waals surface area contributed by atoms with Gasteiger partial charge in [-0.05, 0) is 42.0 Å². The van der Waals surface area contributed by atoms with Gasteiger partial charge in [-0.1, -0.05) is 30.3 Å². The number of carbonyl (C=O) groups is 1. The van der Waals surface area contributed by atoms with E-state index in [1.54, 1.807) is 11.8 Å². The molecule has 1 amide bonds. The topological polar surface area (TPSA) is 41.6 Å². The average Bonchev–Trinajstić information content (AvgIpc) is 2.68. The van der Waals surface area contributed by atoms with Gasteiger partial charge in [0.25, 0.3) is 5.91 Å². The Balaban J connectivity index is 1.55. The van der Waals surface area contributed by atoms with Crippen LogP contribution < -0.4 is 5.32 Å². The molecule has 1 fully saturated rings. The molecular weight excluding hydrogens is 344 g/mol. The monoisotopic (exact) mass is 370 g/mol. The zero-order valence-electron chi connectivity index (χ0n) is 15.5. The first kappa shape index (κ1) is 19.0. The van der Waals surface area contributed by atoms with Crippen LogP contribution in [0.3, 0.4) is 0 Å². The van der Waals surface area contributed by atoms with Gasteiger partial charge in [0.05, 0.1) is 13.2 Å². The molecule has 1 heterocycles. The number of nitrogens with zero attached hydrogens (tertiary/aromatic N) is 1. The standard InChI is InChI=1S/C21H26N2O2S/c1-16-3-8-19(26-2)13-20(16)21(24)22-14-17-4-6-18(7-5-17)15-23-9-11-25-12-10-23/h3-8,13H,9-12,14-15H2,1-2H3,(H,22,24). The Morgan fingerprint density at radius 3 is 2.50 bits per heavy atom. The molecule has 138 valence electrons. The first-order valence-corrected chi connectivity index (χ1v) is 10.2. The summed E-state index contributed by atoms with van der Waals surface area (Å²) in [5.41, 5.74) is 4.16. The smallest absolute Gasteiger partial charge is 0.251 e. The lowest BCUT2D eigenvalue weighted by Gasteiger charge is -2.26. The van der Waals surface area contributed by atoms with Crippen LogP contribution in [0.1, 0.15) is 27.0 Å². The lowest BCUT2D eigenvalue weighted by Crippen LogP contribution is -2.35. The van der Waals surface area contributed by atoms with Gasteiger partial charge in [0.1, 0.15) is 0 Å². The summed E-state index contributed by atoms with van der Waals surface area (Å²) in [7, 11) is 0. The van der Waals surface area contributed by atoms with Crippen molar-refractivity contribution >= 4 is 17.7 Å². The third-order valence-electron chi connectivity index (χ3n) is 4.68. The van der Waals surface area contributed by atoms with E-state index in [1.807, 2.05) is 31.4 Å². The minimum absolute atomic E-state index is 0.0178. The Morgan fingerprint density at radius 1 is 1.12 bits per heavy atom. The summed E-state index contributed by atoms with van der Waals surface area (Å²) in [4.78, 5) is 16.0. The highest BCUT2D eigenvalue weighted by Crippen LogP contribution is 2.19. The van der Waals surface area contributed by atoms with E-state index in [2.05, 4.69) is 34.5 Å². The molecule has 4 nitrogen and oxygen atoms in total. The van der Waals surface area contributed by atoms with Crippen molar-refractivity contribution in [3.8, 4) is 0 Å². The van der Waals surface area contributed by atoms with Crippen LogP contribution in [0.4, 0.5) is 0 Å². The molecule has 0 aromatic heterocycles. The molecule has 0 spiro atoms. The molecule has 1 aliphatic rings. The van der Waals surface area contributed by atoms with E-state index in [1.165, 1.54) is 5.56 Å². The van der Waals surface area contributed by atoms with E-state index < -0.39 is 0 Å². The molecule has 0 unspecified atom stereocenters. The number of nitrogens with one attached hydrogen (secondary N) is 1. The largest absolute Gasteiger partial charge is 0.379 e. The number of hydrogen-bond acceptors (Lipinski definition) is 4. The summed E-state index contributed by atoms with van der Waals surface area (Å²) < 4.78 is 5.39. The minimum atomic E-state index is -0.0178. The summed E-state index contributed by atoms with van der Waals surface area (Å²) in [5, 5.41) is 3.03. The zero-order valence-corrected chi connectivity index (χ0v) is 16.3. The number of morpholine rings is 1. The first-order valence-electron chi connectivity index (χ1n) is 8.96. The number of benzene rings is 2. The van der Waals surface area contributed by atoms with Crippen LogP contribution in [0.2, 0.25) is 0 Å². The normalized spacial score (nSPS) is 15.0. The van der Waals surface area contributed by atoms with Gasteiger partial charge < -0.3 is 10.1 Å². The van der Waals surface area contributed by atoms with Gasteiger partial charge >= 0.3 is 0 Å². The predicted octanol–water partition coefficient (Wildman–Crippen LogP) is 3.48. The number of thioether (sulfide) groups is 1. The van der Waals surface area contributed by atoms with Crippen molar-refractivity contribution in [1.29, 1.82) is 0 Å². The second-order valence-corrected chi connectivity index (χ2v) is 7.45. The van der Waals surface area contributed by atoms with Gasteiger partial charge in [0.15, 0.2) is 0 Å². The Hall–Kier alpha value is -1.82. The number of hydrogen-bond donors (Lipinski definition) is 1. The van der Waals surface area contributed by atoms with Crippen molar-refractivity contribution in [2.45, 2.75) is 24.9 Å². The number of rotatable bonds is 6. The molecular formula is C21H26N2O2S. The van der Waals surface area contributed by atoms with Gasteiger partial charge in [-0.25, -0.2) is 0 Å². The molecule has 26 heavy (non-hydrogen) atoms. The number of amides is 1. The number of aryl methyl sites for hydroxylation is 1. The molecule has 1 N–H and O–H groups in total. The highest BCUT2D eigenvalue weighted by atomic mass is 32.2. The molecule has 2 aromatic carbocycles. The van der Waals surface area contributed by atoms with Crippen LogP contribution in [0.25, 0.3) is 0 Å². The maximum absolute atomic E-state index is 12.5. The fraction of sp³-hybridized carbons (Fsp3) is 0.381. The molecule has 0 bridgehead atoms. The fourth-order valence-electron chi connectivity index (χ4n) is 3.03. The van der Waals surface area contributed by atoms with Crippen molar-refractivity contribution in [3.63, 3.8) is 0 Å². The summed E-state index contributed by atoms with van der Waals surface area (Å²) in [5.74, 6) is -0.0178.